The van der Waals surface area contributed by atoms with Gasteiger partial charge in [-0.1, -0.05) is 6.07 Å². The van der Waals surface area contributed by atoms with Gasteiger partial charge in [0.15, 0.2) is 0 Å². The van der Waals surface area contributed by atoms with Crippen LogP contribution in [0.4, 0.5) is 4.79 Å². The Hall–Kier alpha value is -1.23. The first kappa shape index (κ1) is 16.1. The molecule has 2 heterocycles. The highest BCUT2D eigenvalue weighted by Crippen LogP contribution is 2.26. The van der Waals surface area contributed by atoms with E-state index in [1.807, 2.05) is 44.9 Å². The van der Waals surface area contributed by atoms with Crippen LogP contribution in [0.5, 0.6) is 0 Å². The van der Waals surface area contributed by atoms with Gasteiger partial charge in [0.05, 0.1) is 5.03 Å². The van der Waals surface area contributed by atoms with Gasteiger partial charge in [-0.05, 0) is 52.2 Å². The Morgan fingerprint density at radius 1 is 1.48 bits per heavy atom. The maximum absolute atomic E-state index is 12.2. The van der Waals surface area contributed by atoms with Crippen molar-refractivity contribution in [2.45, 2.75) is 57.2 Å². The van der Waals surface area contributed by atoms with E-state index in [2.05, 4.69) is 11.1 Å². The van der Waals surface area contributed by atoms with Crippen molar-refractivity contribution in [3.8, 4) is 0 Å². The minimum Gasteiger partial charge on any atom is -0.444 e. The molecule has 2 rings (SSSR count). The maximum Gasteiger partial charge on any atom is 0.410 e. The summed E-state index contributed by atoms with van der Waals surface area (Å²) in [4.78, 5) is 18.5. The van der Waals surface area contributed by atoms with Gasteiger partial charge in [-0.3, -0.25) is 0 Å². The van der Waals surface area contributed by atoms with Gasteiger partial charge >= 0.3 is 6.09 Å². The second kappa shape index (κ2) is 6.69. The van der Waals surface area contributed by atoms with Crippen molar-refractivity contribution in [1.29, 1.82) is 0 Å². The summed E-state index contributed by atoms with van der Waals surface area (Å²) in [6.45, 7) is 8.53. The summed E-state index contributed by atoms with van der Waals surface area (Å²) in [5.74, 6) is 0.870. The van der Waals surface area contributed by atoms with Crippen molar-refractivity contribution >= 4 is 17.9 Å². The summed E-state index contributed by atoms with van der Waals surface area (Å²) >= 11 is 1.70. The molecule has 1 aromatic heterocycles. The Kier molecular flexibility index (Phi) is 5.14. The number of ether oxygens (including phenoxy) is 1. The van der Waals surface area contributed by atoms with E-state index in [9.17, 15) is 4.79 Å². The summed E-state index contributed by atoms with van der Waals surface area (Å²) < 4.78 is 5.48. The third-order valence-corrected chi connectivity index (χ3v) is 4.40. The number of rotatable bonds is 3. The smallest absolute Gasteiger partial charge is 0.410 e. The number of nitrogens with zero attached hydrogens (tertiary/aromatic N) is 2. The zero-order chi connectivity index (χ0) is 15.5. The van der Waals surface area contributed by atoms with Crippen LogP contribution in [-0.4, -0.2) is 39.9 Å². The van der Waals surface area contributed by atoms with Crippen molar-refractivity contribution in [1.82, 2.24) is 9.88 Å². The topological polar surface area (TPSA) is 42.4 Å². The fourth-order valence-corrected chi connectivity index (χ4v) is 3.29. The lowest BCUT2D eigenvalue weighted by Gasteiger charge is -2.28. The van der Waals surface area contributed by atoms with Crippen LogP contribution in [0.2, 0.25) is 0 Å². The van der Waals surface area contributed by atoms with E-state index in [-0.39, 0.29) is 12.1 Å². The molecule has 1 atom stereocenters. The fourth-order valence-electron chi connectivity index (χ4n) is 2.29. The van der Waals surface area contributed by atoms with Gasteiger partial charge in [-0.25, -0.2) is 9.78 Å². The van der Waals surface area contributed by atoms with Crippen LogP contribution in [-0.2, 0) is 4.74 Å². The minimum atomic E-state index is -0.435. The predicted molar refractivity (Wildman–Crippen MR) is 85.7 cm³/mol. The molecule has 1 aromatic rings. The number of likely N-dealkylation sites (tertiary alicyclic amines) is 1. The maximum atomic E-state index is 12.2. The molecule has 0 saturated carbocycles. The second-order valence-corrected chi connectivity index (χ2v) is 7.49. The molecular formula is C16H24N2O2S. The number of aryl methyl sites for hydroxylation is 1. The Morgan fingerprint density at radius 3 is 2.86 bits per heavy atom. The average molecular weight is 308 g/mol. The molecule has 0 bridgehead atoms. The van der Waals surface area contributed by atoms with Gasteiger partial charge in [0.25, 0.3) is 0 Å². The second-order valence-electron chi connectivity index (χ2n) is 6.45. The highest BCUT2D eigenvalue weighted by atomic mass is 32.2. The lowest BCUT2D eigenvalue weighted by Crippen LogP contribution is -2.40. The molecule has 116 valence electrons. The Bertz CT molecular complexity index is 482. The van der Waals surface area contributed by atoms with Crippen LogP contribution < -0.4 is 0 Å². The molecule has 1 fully saturated rings. The van der Waals surface area contributed by atoms with E-state index in [0.717, 1.165) is 35.7 Å². The summed E-state index contributed by atoms with van der Waals surface area (Å²) in [7, 11) is 0. The number of carbonyl (C=O) groups excluding carboxylic acids is 1. The van der Waals surface area contributed by atoms with Crippen LogP contribution in [0.15, 0.2) is 23.4 Å². The Labute approximate surface area is 131 Å². The number of pyridine rings is 1. The third kappa shape index (κ3) is 4.92. The highest BCUT2D eigenvalue weighted by Gasteiger charge is 2.32. The van der Waals surface area contributed by atoms with Gasteiger partial charge in [-0.15, -0.1) is 11.8 Å². The molecule has 1 aliphatic rings. The number of thioether (sulfide) groups is 1. The van der Waals surface area contributed by atoms with Crippen molar-refractivity contribution in [3.05, 3.63) is 23.9 Å². The molecule has 0 unspecified atom stereocenters. The molecule has 0 aliphatic carbocycles. The molecule has 1 amide bonds. The monoisotopic (exact) mass is 308 g/mol. The largest absolute Gasteiger partial charge is 0.444 e. The van der Waals surface area contributed by atoms with Crippen LogP contribution in [0, 0.1) is 6.92 Å². The number of carbonyl (C=O) groups is 1. The fraction of sp³-hybridized carbons (Fsp3) is 0.625. The minimum absolute atomic E-state index is 0.192. The van der Waals surface area contributed by atoms with E-state index in [0.29, 0.717) is 0 Å². The lowest BCUT2D eigenvalue weighted by atomic mass is 10.2. The quantitative estimate of drug-likeness (QED) is 0.795. The van der Waals surface area contributed by atoms with Gasteiger partial charge in [0.2, 0.25) is 0 Å². The van der Waals surface area contributed by atoms with Gasteiger partial charge in [-0.2, -0.15) is 0 Å². The number of hydrogen-bond donors (Lipinski definition) is 0. The summed E-state index contributed by atoms with van der Waals surface area (Å²) in [6.07, 6.45) is 3.77. The molecular weight excluding hydrogens is 284 g/mol. The first-order valence-electron chi connectivity index (χ1n) is 7.40. The van der Waals surface area contributed by atoms with Crippen LogP contribution in [0.1, 0.15) is 39.2 Å². The van der Waals surface area contributed by atoms with E-state index >= 15 is 0 Å². The standard InChI is InChI=1S/C16H24N2O2S/c1-12-7-8-14(17-10-12)21-11-13-6-5-9-18(13)15(19)20-16(2,3)4/h7-8,10,13H,5-6,9,11H2,1-4H3/t13-/m1/s1. The predicted octanol–water partition coefficient (Wildman–Crippen LogP) is 3.88. The molecule has 21 heavy (non-hydrogen) atoms. The van der Waals surface area contributed by atoms with E-state index in [1.54, 1.807) is 11.8 Å². The van der Waals surface area contributed by atoms with Gasteiger partial charge in [0.1, 0.15) is 5.60 Å². The first-order chi connectivity index (χ1) is 9.85. The summed E-state index contributed by atoms with van der Waals surface area (Å²) in [5, 5.41) is 1.01. The van der Waals surface area contributed by atoms with Crippen LogP contribution in [0.3, 0.4) is 0 Å². The van der Waals surface area contributed by atoms with Gasteiger partial charge < -0.3 is 9.64 Å². The molecule has 0 N–H and O–H groups in total. The molecule has 5 heteroatoms. The lowest BCUT2D eigenvalue weighted by molar-refractivity contribution is 0.0242. The van der Waals surface area contributed by atoms with Gasteiger partial charge in [0, 0.05) is 24.5 Å². The third-order valence-electron chi connectivity index (χ3n) is 3.31. The molecule has 1 saturated heterocycles. The summed E-state index contributed by atoms with van der Waals surface area (Å²) in [5.41, 5.74) is 0.728. The number of amides is 1. The van der Waals surface area contributed by atoms with E-state index in [4.69, 9.17) is 4.74 Å². The SMILES string of the molecule is Cc1ccc(SC[C@H]2CCCN2C(=O)OC(C)(C)C)nc1. The molecule has 0 spiro atoms. The number of hydrogen-bond acceptors (Lipinski definition) is 4. The van der Waals surface area contributed by atoms with Crippen molar-refractivity contribution in [2.24, 2.45) is 0 Å². The molecule has 0 aromatic carbocycles. The number of aromatic nitrogens is 1. The molecule has 4 nitrogen and oxygen atoms in total. The Balaban J connectivity index is 1.90. The zero-order valence-electron chi connectivity index (χ0n) is 13.3. The molecule has 0 radical (unpaired) electrons. The summed E-state index contributed by atoms with van der Waals surface area (Å²) in [6, 6.07) is 4.34. The van der Waals surface area contributed by atoms with Crippen molar-refractivity contribution in [3.63, 3.8) is 0 Å². The first-order valence-corrected chi connectivity index (χ1v) is 8.39. The van der Waals surface area contributed by atoms with E-state index in [1.165, 1.54) is 0 Å². The molecule has 1 aliphatic heterocycles. The van der Waals surface area contributed by atoms with Crippen LogP contribution >= 0.6 is 11.8 Å². The zero-order valence-corrected chi connectivity index (χ0v) is 14.1. The van der Waals surface area contributed by atoms with Crippen LogP contribution in [0.25, 0.3) is 0 Å². The van der Waals surface area contributed by atoms with E-state index < -0.39 is 5.60 Å². The Morgan fingerprint density at radius 2 is 2.24 bits per heavy atom. The normalized spacial score (nSPS) is 18.9. The van der Waals surface area contributed by atoms with Crippen molar-refractivity contribution < 1.29 is 9.53 Å². The highest BCUT2D eigenvalue weighted by molar-refractivity contribution is 7.99. The average Bonchev–Trinajstić information content (AvgIpc) is 2.84. The van der Waals surface area contributed by atoms with Crippen molar-refractivity contribution in [2.75, 3.05) is 12.3 Å².